The number of hydrogen-bond acceptors (Lipinski definition) is 7. The number of para-hydroxylation sites is 2. The van der Waals surface area contributed by atoms with E-state index in [1.165, 1.54) is 53.1 Å². The second kappa shape index (κ2) is 12.6. The summed E-state index contributed by atoms with van der Waals surface area (Å²) < 4.78 is 73.2. The van der Waals surface area contributed by atoms with Gasteiger partial charge in [-0.05, 0) is 55.3 Å². The monoisotopic (exact) mass is 602 g/mol. The van der Waals surface area contributed by atoms with Crippen molar-refractivity contribution in [3.05, 3.63) is 84.7 Å². The Kier molecular flexibility index (Phi) is 8.71. The molecule has 0 aliphatic carbocycles. The molecule has 5 rings (SSSR count). The molecule has 42 heavy (non-hydrogen) atoms. The summed E-state index contributed by atoms with van der Waals surface area (Å²) in [4.78, 5) is 6.14. The molecule has 2 heterocycles. The van der Waals surface area contributed by atoms with Gasteiger partial charge in [-0.3, -0.25) is 0 Å². The van der Waals surface area contributed by atoms with Crippen LogP contribution in [-0.4, -0.2) is 50.9 Å². The second-order valence-electron chi connectivity index (χ2n) is 9.01. The summed E-state index contributed by atoms with van der Waals surface area (Å²) in [6, 6.07) is 19.1. The molecule has 1 aliphatic rings. The molecule has 0 amide bonds. The standard InChI is InChI=1S/C28H23F5N6O2S/c1-18-14-15-42-27(39(18)23-4-2-3-5-24(23)40-26(29)30)36-35-16-19-6-8-20(9-7-19)25-34-17-38(37-25)21-10-12-22(13-11-21)41-28(31,32)33/h2-13,16-18,26H,14-15H2,1H3/b35-16+,36-27-. The van der Waals surface area contributed by atoms with Crippen molar-refractivity contribution in [3.63, 3.8) is 0 Å². The maximum absolute atomic E-state index is 13.0. The van der Waals surface area contributed by atoms with Gasteiger partial charge in [-0.1, -0.05) is 48.2 Å². The van der Waals surface area contributed by atoms with Crippen LogP contribution >= 0.6 is 11.8 Å². The van der Waals surface area contributed by atoms with E-state index in [1.807, 2.05) is 24.0 Å². The Bertz CT molecular complexity index is 1560. The SMILES string of the molecule is CC1CCS/C(=N\N=C\c2ccc(-c3ncn(-c4ccc(OC(F)(F)F)cc4)n3)cc2)N1c1ccccc1OC(F)F. The summed E-state index contributed by atoms with van der Waals surface area (Å²) in [7, 11) is 0. The molecule has 1 aromatic heterocycles. The zero-order valence-electron chi connectivity index (χ0n) is 21.9. The Morgan fingerprint density at radius 1 is 1.02 bits per heavy atom. The molecule has 0 saturated carbocycles. The van der Waals surface area contributed by atoms with Crippen molar-refractivity contribution < 1.29 is 31.4 Å². The van der Waals surface area contributed by atoms with E-state index in [4.69, 9.17) is 4.74 Å². The topological polar surface area (TPSA) is 77.1 Å². The van der Waals surface area contributed by atoms with Crippen LogP contribution in [0.3, 0.4) is 0 Å². The van der Waals surface area contributed by atoms with E-state index < -0.39 is 13.0 Å². The van der Waals surface area contributed by atoms with Crippen LogP contribution < -0.4 is 14.4 Å². The van der Waals surface area contributed by atoms with Crippen LogP contribution in [0.2, 0.25) is 0 Å². The number of rotatable bonds is 8. The number of thioether (sulfide) groups is 1. The van der Waals surface area contributed by atoms with E-state index in [1.54, 1.807) is 36.5 Å². The first-order chi connectivity index (χ1) is 20.2. The predicted molar refractivity (Wildman–Crippen MR) is 151 cm³/mol. The Balaban J connectivity index is 1.28. The van der Waals surface area contributed by atoms with Crippen molar-refractivity contribution >= 4 is 28.8 Å². The highest BCUT2D eigenvalue weighted by atomic mass is 32.2. The van der Waals surface area contributed by atoms with Crippen molar-refractivity contribution in [3.8, 4) is 28.6 Å². The third-order valence-corrected chi connectivity index (χ3v) is 7.08. The van der Waals surface area contributed by atoms with Gasteiger partial charge in [0.05, 0.1) is 17.6 Å². The lowest BCUT2D eigenvalue weighted by Crippen LogP contribution is -2.41. The zero-order valence-corrected chi connectivity index (χ0v) is 22.8. The molecule has 0 radical (unpaired) electrons. The Labute approximate surface area is 241 Å². The molecule has 1 aliphatic heterocycles. The highest BCUT2D eigenvalue weighted by molar-refractivity contribution is 8.14. The summed E-state index contributed by atoms with van der Waals surface area (Å²) in [5, 5.41) is 13.6. The van der Waals surface area contributed by atoms with Gasteiger partial charge in [0.15, 0.2) is 11.0 Å². The van der Waals surface area contributed by atoms with E-state index >= 15 is 0 Å². The molecule has 3 aromatic carbocycles. The molecule has 1 unspecified atom stereocenters. The smallest absolute Gasteiger partial charge is 0.433 e. The van der Waals surface area contributed by atoms with Crippen molar-refractivity contribution in [2.45, 2.75) is 32.4 Å². The number of nitrogens with zero attached hydrogens (tertiary/aromatic N) is 6. The first-order valence-corrected chi connectivity index (χ1v) is 13.6. The van der Waals surface area contributed by atoms with Crippen molar-refractivity contribution in [1.82, 2.24) is 14.8 Å². The minimum Gasteiger partial charge on any atom is -0.433 e. The van der Waals surface area contributed by atoms with Crippen molar-refractivity contribution in [2.24, 2.45) is 10.2 Å². The number of ether oxygens (including phenoxy) is 2. The lowest BCUT2D eigenvalue weighted by Gasteiger charge is -2.35. The Morgan fingerprint density at radius 2 is 1.76 bits per heavy atom. The highest BCUT2D eigenvalue weighted by Crippen LogP contribution is 2.36. The minimum atomic E-state index is -4.76. The minimum absolute atomic E-state index is 0.000344. The van der Waals surface area contributed by atoms with Crippen LogP contribution in [0.4, 0.5) is 27.6 Å². The largest absolute Gasteiger partial charge is 0.573 e. The molecule has 1 fully saturated rings. The molecular weight excluding hydrogens is 579 g/mol. The molecular formula is C28H23F5N6O2S. The van der Waals surface area contributed by atoms with Crippen LogP contribution in [-0.2, 0) is 0 Å². The summed E-state index contributed by atoms with van der Waals surface area (Å²) >= 11 is 1.48. The zero-order chi connectivity index (χ0) is 29.7. The fourth-order valence-corrected chi connectivity index (χ4v) is 5.32. The van der Waals surface area contributed by atoms with Gasteiger partial charge in [0.2, 0.25) is 0 Å². The first kappa shape index (κ1) is 29.0. The summed E-state index contributed by atoms with van der Waals surface area (Å²) in [5.74, 6) is 0.966. The number of anilines is 1. The molecule has 0 spiro atoms. The lowest BCUT2D eigenvalue weighted by molar-refractivity contribution is -0.274. The molecule has 0 N–H and O–H groups in total. The third kappa shape index (κ3) is 7.24. The van der Waals surface area contributed by atoms with Crippen molar-refractivity contribution in [2.75, 3.05) is 10.7 Å². The fraction of sp³-hybridized carbons (Fsp3) is 0.214. The van der Waals surface area contributed by atoms with Gasteiger partial charge in [0.1, 0.15) is 17.8 Å². The van der Waals surface area contributed by atoms with Crippen LogP contribution in [0, 0.1) is 0 Å². The van der Waals surface area contributed by atoms with Gasteiger partial charge >= 0.3 is 13.0 Å². The van der Waals surface area contributed by atoms with E-state index in [0.29, 0.717) is 27.9 Å². The van der Waals surface area contributed by atoms with Gasteiger partial charge in [-0.15, -0.1) is 23.4 Å². The lowest BCUT2D eigenvalue weighted by atomic mass is 10.1. The van der Waals surface area contributed by atoms with Crippen LogP contribution in [0.5, 0.6) is 11.5 Å². The van der Waals surface area contributed by atoms with E-state index in [9.17, 15) is 22.0 Å². The van der Waals surface area contributed by atoms with E-state index in [0.717, 1.165) is 17.7 Å². The van der Waals surface area contributed by atoms with Crippen LogP contribution in [0.25, 0.3) is 17.1 Å². The molecule has 218 valence electrons. The number of halogens is 5. The average Bonchev–Trinajstić information content (AvgIpc) is 3.44. The van der Waals surface area contributed by atoms with Gasteiger partial charge in [-0.2, -0.15) is 13.9 Å². The maximum atomic E-state index is 13.0. The Hall–Kier alpha value is -4.46. The summed E-state index contributed by atoms with van der Waals surface area (Å²) in [6.07, 6.45) is -0.897. The number of aromatic nitrogens is 3. The molecule has 1 atom stereocenters. The molecule has 4 aromatic rings. The Morgan fingerprint density at radius 3 is 2.48 bits per heavy atom. The first-order valence-electron chi connectivity index (χ1n) is 12.6. The predicted octanol–water partition coefficient (Wildman–Crippen LogP) is 7.16. The van der Waals surface area contributed by atoms with Gasteiger partial charge in [0.25, 0.3) is 0 Å². The van der Waals surface area contributed by atoms with Crippen LogP contribution in [0.15, 0.2) is 89.3 Å². The summed E-state index contributed by atoms with van der Waals surface area (Å²) in [5.41, 5.74) is 2.48. The summed E-state index contributed by atoms with van der Waals surface area (Å²) in [6.45, 7) is -0.957. The number of benzene rings is 3. The number of hydrogen-bond donors (Lipinski definition) is 0. The van der Waals surface area contributed by atoms with Gasteiger partial charge in [0, 0.05) is 17.4 Å². The molecule has 8 nitrogen and oxygen atoms in total. The highest BCUT2D eigenvalue weighted by Gasteiger charge is 2.31. The van der Waals surface area contributed by atoms with Gasteiger partial charge < -0.3 is 14.4 Å². The number of alkyl halides is 5. The normalized spacial score (nSPS) is 16.9. The molecule has 14 heteroatoms. The van der Waals surface area contributed by atoms with Gasteiger partial charge in [-0.25, -0.2) is 9.67 Å². The maximum Gasteiger partial charge on any atom is 0.573 e. The molecule has 0 bridgehead atoms. The average molecular weight is 603 g/mol. The van der Waals surface area contributed by atoms with Crippen molar-refractivity contribution in [1.29, 1.82) is 0 Å². The third-order valence-electron chi connectivity index (χ3n) is 6.10. The second-order valence-corrected chi connectivity index (χ2v) is 10.1. The van der Waals surface area contributed by atoms with Crippen LogP contribution in [0.1, 0.15) is 18.9 Å². The fourth-order valence-electron chi connectivity index (χ4n) is 4.16. The molecule has 1 saturated heterocycles. The number of amidine groups is 1. The quantitative estimate of drug-likeness (QED) is 0.121. The van der Waals surface area contributed by atoms with E-state index in [-0.39, 0.29) is 17.5 Å². The van der Waals surface area contributed by atoms with E-state index in [2.05, 4.69) is 25.0 Å².